The summed E-state index contributed by atoms with van der Waals surface area (Å²) >= 11 is 0. The van der Waals surface area contributed by atoms with Gasteiger partial charge in [-0.05, 0) is 50.1 Å². The van der Waals surface area contributed by atoms with Crippen LogP contribution >= 0.6 is 0 Å². The van der Waals surface area contributed by atoms with Crippen molar-refractivity contribution in [3.8, 4) is 0 Å². The molecule has 11 heteroatoms. The number of amides is 2. The van der Waals surface area contributed by atoms with E-state index in [1.807, 2.05) is 38.1 Å². The average molecular weight is 495 g/mol. The molecule has 2 heterocycles. The van der Waals surface area contributed by atoms with E-state index in [0.717, 1.165) is 45.6 Å². The molecule has 2 aromatic carbocycles. The molecule has 0 spiro atoms. The van der Waals surface area contributed by atoms with Crippen molar-refractivity contribution in [1.29, 1.82) is 0 Å². The first kappa shape index (κ1) is 24.7. The molecule has 0 unspecified atom stereocenters. The molecule has 2 aromatic heterocycles. The molecule has 0 saturated carbocycles. The lowest BCUT2D eigenvalue weighted by Gasteiger charge is -2.11. The standard InChI is InChI=1S/C25H23F2N5O4/c1-14-17(15(2)32-25(29-14)18-5-3-4-6-21(18)31-32)8-10-24(35)36-13-23(34)28-12-22(33)30-16-7-9-19(26)20(27)11-16/h3-7,9,11H,8,10,12-13H2,1-2H3,(H,28,34)(H,30,33). The number of halogens is 2. The first-order chi connectivity index (χ1) is 17.2. The summed E-state index contributed by atoms with van der Waals surface area (Å²) in [5.74, 6) is -4.06. The van der Waals surface area contributed by atoms with Crippen LogP contribution in [0.15, 0.2) is 42.5 Å². The van der Waals surface area contributed by atoms with Crippen molar-refractivity contribution in [2.45, 2.75) is 26.7 Å². The summed E-state index contributed by atoms with van der Waals surface area (Å²) in [5.41, 5.74) is 4.13. The second-order valence-electron chi connectivity index (χ2n) is 8.13. The van der Waals surface area contributed by atoms with Crippen molar-refractivity contribution in [3.63, 3.8) is 0 Å². The topological polar surface area (TPSA) is 115 Å². The lowest BCUT2D eigenvalue weighted by atomic mass is 10.1. The number of ether oxygens (including phenoxy) is 1. The first-order valence-electron chi connectivity index (χ1n) is 11.1. The van der Waals surface area contributed by atoms with Crippen LogP contribution in [0.25, 0.3) is 16.6 Å². The smallest absolute Gasteiger partial charge is 0.306 e. The Labute approximate surface area is 204 Å². The van der Waals surface area contributed by atoms with Gasteiger partial charge in [-0.25, -0.2) is 18.3 Å². The van der Waals surface area contributed by atoms with E-state index in [1.165, 1.54) is 6.07 Å². The number of nitrogens with one attached hydrogen (secondary N) is 2. The largest absolute Gasteiger partial charge is 0.456 e. The lowest BCUT2D eigenvalue weighted by molar-refractivity contribution is -0.148. The summed E-state index contributed by atoms with van der Waals surface area (Å²) in [5, 5.41) is 10.1. The summed E-state index contributed by atoms with van der Waals surface area (Å²) in [6, 6.07) is 10.6. The summed E-state index contributed by atoms with van der Waals surface area (Å²) in [6.07, 6.45) is 0.382. The number of aromatic nitrogens is 3. The summed E-state index contributed by atoms with van der Waals surface area (Å²) in [6.45, 7) is 2.79. The molecular formula is C25H23F2N5O4. The summed E-state index contributed by atoms with van der Waals surface area (Å²) in [7, 11) is 0. The van der Waals surface area contributed by atoms with Gasteiger partial charge in [0.25, 0.3) is 5.91 Å². The van der Waals surface area contributed by atoms with Crippen molar-refractivity contribution in [3.05, 3.63) is 71.1 Å². The Kier molecular flexibility index (Phi) is 7.18. The Morgan fingerprint density at radius 1 is 1.03 bits per heavy atom. The summed E-state index contributed by atoms with van der Waals surface area (Å²) < 4.78 is 32.9. The van der Waals surface area contributed by atoms with Crippen LogP contribution in [0.4, 0.5) is 14.5 Å². The van der Waals surface area contributed by atoms with E-state index in [4.69, 9.17) is 4.74 Å². The molecule has 0 aliphatic carbocycles. The quantitative estimate of drug-likeness (QED) is 0.363. The fourth-order valence-corrected chi connectivity index (χ4v) is 3.79. The molecule has 0 fully saturated rings. The number of nitrogens with zero attached hydrogens (tertiary/aromatic N) is 3. The van der Waals surface area contributed by atoms with E-state index in [-0.39, 0.29) is 12.1 Å². The number of aryl methyl sites for hydroxylation is 2. The van der Waals surface area contributed by atoms with E-state index in [9.17, 15) is 23.2 Å². The number of carbonyl (C=O) groups is 3. The Morgan fingerprint density at radius 2 is 1.81 bits per heavy atom. The van der Waals surface area contributed by atoms with Crippen LogP contribution in [0.1, 0.15) is 23.4 Å². The Hall–Kier alpha value is -4.41. The molecule has 0 saturated heterocycles. The Balaban J connectivity index is 1.26. The normalized spacial score (nSPS) is 11.0. The molecule has 0 atom stereocenters. The van der Waals surface area contributed by atoms with Crippen LogP contribution in [-0.2, 0) is 25.5 Å². The Bertz CT molecular complexity index is 1480. The third-order valence-corrected chi connectivity index (χ3v) is 5.61. The minimum absolute atomic E-state index is 0.0273. The van der Waals surface area contributed by atoms with Gasteiger partial charge in [-0.2, -0.15) is 5.10 Å². The van der Waals surface area contributed by atoms with Crippen LogP contribution in [0.2, 0.25) is 0 Å². The van der Waals surface area contributed by atoms with Crippen molar-refractivity contribution in [2.75, 3.05) is 18.5 Å². The highest BCUT2D eigenvalue weighted by atomic mass is 19.2. The third kappa shape index (κ3) is 5.45. The SMILES string of the molecule is Cc1nc2c3ccccc3nn2c(C)c1CCC(=O)OCC(=O)NCC(=O)Nc1ccc(F)c(F)c1. The predicted octanol–water partition coefficient (Wildman–Crippen LogP) is 3.01. The van der Waals surface area contributed by atoms with Gasteiger partial charge in [-0.1, -0.05) is 12.1 Å². The number of carbonyl (C=O) groups excluding carboxylic acids is 3. The number of esters is 1. The van der Waals surface area contributed by atoms with Crippen LogP contribution in [-0.4, -0.2) is 45.5 Å². The van der Waals surface area contributed by atoms with Crippen LogP contribution in [0.3, 0.4) is 0 Å². The maximum atomic E-state index is 13.2. The first-order valence-corrected chi connectivity index (χ1v) is 11.1. The number of benzene rings is 2. The third-order valence-electron chi connectivity index (χ3n) is 5.61. The molecule has 186 valence electrons. The highest BCUT2D eigenvalue weighted by molar-refractivity contribution is 5.95. The molecule has 0 radical (unpaired) electrons. The molecule has 4 aromatic rings. The maximum Gasteiger partial charge on any atom is 0.306 e. The molecule has 0 aliphatic heterocycles. The number of anilines is 1. The zero-order valence-corrected chi connectivity index (χ0v) is 19.6. The molecule has 0 aliphatic rings. The zero-order valence-electron chi connectivity index (χ0n) is 19.6. The van der Waals surface area contributed by atoms with E-state index in [2.05, 4.69) is 20.7 Å². The van der Waals surface area contributed by atoms with Crippen molar-refractivity contribution < 1.29 is 27.9 Å². The van der Waals surface area contributed by atoms with Crippen molar-refractivity contribution in [2.24, 2.45) is 0 Å². The van der Waals surface area contributed by atoms with Gasteiger partial charge in [-0.15, -0.1) is 0 Å². The molecule has 2 amide bonds. The van der Waals surface area contributed by atoms with E-state index >= 15 is 0 Å². The number of fused-ring (bicyclic) bond motifs is 3. The number of hydrogen-bond donors (Lipinski definition) is 2. The van der Waals surface area contributed by atoms with Crippen LogP contribution in [0, 0.1) is 25.5 Å². The van der Waals surface area contributed by atoms with Crippen LogP contribution in [0.5, 0.6) is 0 Å². The van der Waals surface area contributed by atoms with E-state index < -0.39 is 42.6 Å². The monoisotopic (exact) mass is 495 g/mol. The van der Waals surface area contributed by atoms with E-state index in [0.29, 0.717) is 6.42 Å². The highest BCUT2D eigenvalue weighted by Crippen LogP contribution is 2.23. The average Bonchev–Trinajstić information content (AvgIpc) is 3.22. The van der Waals surface area contributed by atoms with Gasteiger partial charge in [-0.3, -0.25) is 14.4 Å². The molecule has 0 bridgehead atoms. The van der Waals surface area contributed by atoms with Gasteiger partial charge in [0.05, 0.1) is 12.1 Å². The highest BCUT2D eigenvalue weighted by Gasteiger charge is 2.16. The van der Waals surface area contributed by atoms with Gasteiger partial charge in [0.1, 0.15) is 0 Å². The molecule has 2 N–H and O–H groups in total. The number of hydrogen-bond acceptors (Lipinski definition) is 6. The van der Waals surface area contributed by atoms with Gasteiger partial charge in [0.15, 0.2) is 23.9 Å². The van der Waals surface area contributed by atoms with E-state index in [1.54, 1.807) is 4.52 Å². The number of rotatable bonds is 8. The van der Waals surface area contributed by atoms with Crippen molar-refractivity contribution in [1.82, 2.24) is 19.9 Å². The van der Waals surface area contributed by atoms with Gasteiger partial charge in [0, 0.05) is 34.9 Å². The second kappa shape index (κ2) is 10.5. The molecular weight excluding hydrogens is 472 g/mol. The predicted molar refractivity (Wildman–Crippen MR) is 127 cm³/mol. The molecule has 36 heavy (non-hydrogen) atoms. The van der Waals surface area contributed by atoms with Crippen LogP contribution < -0.4 is 10.6 Å². The lowest BCUT2D eigenvalue weighted by Crippen LogP contribution is -2.35. The fraction of sp³-hybridized carbons (Fsp3) is 0.240. The summed E-state index contributed by atoms with van der Waals surface area (Å²) in [4.78, 5) is 40.6. The second-order valence-corrected chi connectivity index (χ2v) is 8.13. The van der Waals surface area contributed by atoms with Gasteiger partial charge >= 0.3 is 5.97 Å². The fourth-order valence-electron chi connectivity index (χ4n) is 3.79. The Morgan fingerprint density at radius 3 is 2.58 bits per heavy atom. The zero-order chi connectivity index (χ0) is 25.8. The maximum absolute atomic E-state index is 13.2. The van der Waals surface area contributed by atoms with Crippen molar-refractivity contribution >= 4 is 40.0 Å². The van der Waals surface area contributed by atoms with Gasteiger partial charge in [0.2, 0.25) is 5.91 Å². The molecule has 4 rings (SSSR count). The molecule has 9 nitrogen and oxygen atoms in total. The minimum atomic E-state index is -1.11. The minimum Gasteiger partial charge on any atom is -0.456 e. The van der Waals surface area contributed by atoms with Gasteiger partial charge < -0.3 is 15.4 Å².